The number of hydrogen-bond acceptors (Lipinski definition) is 4. The molecule has 1 atom stereocenters. The Morgan fingerprint density at radius 1 is 1.47 bits per heavy atom. The van der Waals surface area contributed by atoms with E-state index in [9.17, 15) is 4.79 Å². The van der Waals surface area contributed by atoms with Crippen molar-refractivity contribution in [3.8, 4) is 0 Å². The van der Waals surface area contributed by atoms with Crippen molar-refractivity contribution < 1.29 is 9.32 Å². The first-order chi connectivity index (χ1) is 6.86. The first-order valence-electron chi connectivity index (χ1n) is 4.95. The maximum Gasteiger partial charge on any atom is 0.143 e. The number of likely N-dealkylation sites (N-methyl/N-ethyl adjacent to an activating group) is 1. The van der Waals surface area contributed by atoms with Crippen molar-refractivity contribution in [1.82, 2.24) is 10.1 Å². The van der Waals surface area contributed by atoms with Crippen LogP contribution in [0.4, 0.5) is 0 Å². The van der Waals surface area contributed by atoms with Crippen LogP contribution in [0.2, 0.25) is 0 Å². The molecule has 4 heteroatoms. The van der Waals surface area contributed by atoms with E-state index in [-0.39, 0.29) is 11.5 Å². The highest BCUT2D eigenvalue weighted by atomic mass is 16.5. The zero-order valence-corrected chi connectivity index (χ0v) is 9.94. The molecule has 0 saturated carbocycles. The third-order valence-corrected chi connectivity index (χ3v) is 2.26. The van der Waals surface area contributed by atoms with Gasteiger partial charge < -0.3 is 9.32 Å². The SMILES string of the molecule is CN(C)C(C=O)c1cc(C(C)(C)C)on1. The fraction of sp³-hybridized carbons (Fsp3) is 0.636. The van der Waals surface area contributed by atoms with Gasteiger partial charge in [-0.05, 0) is 14.1 Å². The Balaban J connectivity index is 2.97. The predicted octanol–water partition coefficient (Wildman–Crippen LogP) is 1.77. The molecule has 1 aromatic rings. The number of aldehydes is 1. The highest BCUT2D eigenvalue weighted by molar-refractivity contribution is 5.60. The number of carbonyl (C=O) groups is 1. The van der Waals surface area contributed by atoms with E-state index in [0.29, 0.717) is 5.69 Å². The van der Waals surface area contributed by atoms with Gasteiger partial charge in [0.15, 0.2) is 0 Å². The van der Waals surface area contributed by atoms with E-state index in [0.717, 1.165) is 12.0 Å². The zero-order valence-electron chi connectivity index (χ0n) is 9.94. The fourth-order valence-corrected chi connectivity index (χ4v) is 1.24. The Morgan fingerprint density at radius 3 is 2.40 bits per heavy atom. The second-order valence-electron chi connectivity index (χ2n) is 4.91. The van der Waals surface area contributed by atoms with Crippen LogP contribution in [0.15, 0.2) is 10.6 Å². The minimum Gasteiger partial charge on any atom is -0.361 e. The molecule has 0 fully saturated rings. The molecule has 0 bridgehead atoms. The molecule has 1 heterocycles. The van der Waals surface area contributed by atoms with Crippen LogP contribution in [0.5, 0.6) is 0 Å². The molecular weight excluding hydrogens is 192 g/mol. The Hall–Kier alpha value is -1.16. The maximum atomic E-state index is 10.9. The Bertz CT molecular complexity index is 337. The minimum atomic E-state index is -0.329. The maximum absolute atomic E-state index is 10.9. The van der Waals surface area contributed by atoms with Crippen molar-refractivity contribution in [2.45, 2.75) is 32.2 Å². The summed E-state index contributed by atoms with van der Waals surface area (Å²) in [4.78, 5) is 12.7. The van der Waals surface area contributed by atoms with Gasteiger partial charge in [-0.1, -0.05) is 25.9 Å². The monoisotopic (exact) mass is 210 g/mol. The molecule has 0 aromatic carbocycles. The van der Waals surface area contributed by atoms with Crippen LogP contribution < -0.4 is 0 Å². The van der Waals surface area contributed by atoms with Crippen molar-refractivity contribution >= 4 is 6.29 Å². The third-order valence-electron chi connectivity index (χ3n) is 2.26. The summed E-state index contributed by atoms with van der Waals surface area (Å²) in [5.41, 5.74) is 0.588. The van der Waals surface area contributed by atoms with Crippen molar-refractivity contribution in [1.29, 1.82) is 0 Å². The van der Waals surface area contributed by atoms with Crippen LogP contribution in [0, 0.1) is 0 Å². The molecule has 15 heavy (non-hydrogen) atoms. The highest BCUT2D eigenvalue weighted by Crippen LogP contribution is 2.25. The van der Waals surface area contributed by atoms with Gasteiger partial charge in [0.2, 0.25) is 0 Å². The molecule has 0 spiro atoms. The number of hydrogen-bond donors (Lipinski definition) is 0. The van der Waals surface area contributed by atoms with Crippen molar-refractivity contribution in [3.63, 3.8) is 0 Å². The Morgan fingerprint density at radius 2 is 2.07 bits per heavy atom. The van der Waals surface area contributed by atoms with Gasteiger partial charge in [0, 0.05) is 11.5 Å². The summed E-state index contributed by atoms with van der Waals surface area (Å²) < 4.78 is 5.23. The van der Waals surface area contributed by atoms with E-state index in [1.165, 1.54) is 0 Å². The molecule has 84 valence electrons. The summed E-state index contributed by atoms with van der Waals surface area (Å²) >= 11 is 0. The average Bonchev–Trinajstić information content (AvgIpc) is 2.52. The largest absolute Gasteiger partial charge is 0.361 e. The lowest BCUT2D eigenvalue weighted by molar-refractivity contribution is -0.111. The van der Waals surface area contributed by atoms with Crippen LogP contribution in [0.1, 0.15) is 38.3 Å². The normalized spacial score (nSPS) is 14.3. The van der Waals surface area contributed by atoms with Crippen molar-refractivity contribution in [2.75, 3.05) is 14.1 Å². The van der Waals surface area contributed by atoms with E-state index < -0.39 is 0 Å². The van der Waals surface area contributed by atoms with Crippen LogP contribution in [-0.2, 0) is 10.2 Å². The predicted molar refractivity (Wildman–Crippen MR) is 57.7 cm³/mol. The average molecular weight is 210 g/mol. The van der Waals surface area contributed by atoms with E-state index >= 15 is 0 Å². The summed E-state index contributed by atoms with van der Waals surface area (Å²) in [7, 11) is 3.68. The lowest BCUT2D eigenvalue weighted by Gasteiger charge is -2.15. The van der Waals surface area contributed by atoms with Gasteiger partial charge in [0.25, 0.3) is 0 Å². The number of rotatable bonds is 3. The molecule has 0 aliphatic carbocycles. The van der Waals surface area contributed by atoms with E-state index in [1.807, 2.05) is 40.9 Å². The van der Waals surface area contributed by atoms with E-state index in [4.69, 9.17) is 4.52 Å². The molecular formula is C11H18N2O2. The topological polar surface area (TPSA) is 46.3 Å². The first-order valence-corrected chi connectivity index (χ1v) is 4.95. The molecule has 0 saturated heterocycles. The number of carbonyl (C=O) groups excluding carboxylic acids is 1. The van der Waals surface area contributed by atoms with Crippen LogP contribution >= 0.6 is 0 Å². The van der Waals surface area contributed by atoms with Crippen LogP contribution in [0.25, 0.3) is 0 Å². The molecule has 4 nitrogen and oxygen atoms in total. The minimum absolute atomic E-state index is 0.0784. The summed E-state index contributed by atoms with van der Waals surface area (Å²) in [6.07, 6.45) is 0.865. The third kappa shape index (κ3) is 2.65. The van der Waals surface area contributed by atoms with Gasteiger partial charge in [-0.15, -0.1) is 0 Å². The summed E-state index contributed by atoms with van der Waals surface area (Å²) in [6, 6.07) is 1.52. The van der Waals surface area contributed by atoms with Gasteiger partial charge in [-0.25, -0.2) is 0 Å². The molecule has 1 aromatic heterocycles. The quantitative estimate of drug-likeness (QED) is 0.713. The zero-order chi connectivity index (χ0) is 11.6. The van der Waals surface area contributed by atoms with Crippen molar-refractivity contribution in [3.05, 3.63) is 17.5 Å². The Kier molecular flexibility index (Phi) is 3.29. The summed E-state index contributed by atoms with van der Waals surface area (Å²) in [6.45, 7) is 6.13. The number of aromatic nitrogens is 1. The smallest absolute Gasteiger partial charge is 0.143 e. The summed E-state index contributed by atoms with van der Waals surface area (Å²) in [5.74, 6) is 0.797. The standard InChI is InChI=1S/C11H18N2O2/c1-11(2,3)10-6-8(12-15-10)9(7-14)13(4)5/h6-7,9H,1-5H3. The lowest BCUT2D eigenvalue weighted by Crippen LogP contribution is -2.21. The van der Waals surface area contributed by atoms with Gasteiger partial charge in [0.1, 0.15) is 23.8 Å². The molecule has 0 aliphatic rings. The molecule has 0 amide bonds. The second kappa shape index (κ2) is 4.14. The fourth-order valence-electron chi connectivity index (χ4n) is 1.24. The Labute approximate surface area is 90.2 Å². The lowest BCUT2D eigenvalue weighted by atomic mass is 9.93. The highest BCUT2D eigenvalue weighted by Gasteiger charge is 2.23. The van der Waals surface area contributed by atoms with Gasteiger partial charge in [-0.3, -0.25) is 4.90 Å². The molecule has 0 radical (unpaired) electrons. The molecule has 0 N–H and O–H groups in total. The van der Waals surface area contributed by atoms with Gasteiger partial charge in [0.05, 0.1) is 0 Å². The van der Waals surface area contributed by atoms with Gasteiger partial charge in [-0.2, -0.15) is 0 Å². The van der Waals surface area contributed by atoms with Gasteiger partial charge >= 0.3 is 0 Å². The molecule has 0 aliphatic heterocycles. The molecule has 1 unspecified atom stereocenters. The van der Waals surface area contributed by atoms with E-state index in [1.54, 1.807) is 4.90 Å². The van der Waals surface area contributed by atoms with Crippen LogP contribution in [0.3, 0.4) is 0 Å². The summed E-state index contributed by atoms with van der Waals surface area (Å²) in [5, 5.41) is 3.93. The van der Waals surface area contributed by atoms with Crippen LogP contribution in [-0.4, -0.2) is 30.4 Å². The first kappa shape index (κ1) is 11.9. The number of nitrogens with zero attached hydrogens (tertiary/aromatic N) is 2. The molecule has 1 rings (SSSR count). The van der Waals surface area contributed by atoms with E-state index in [2.05, 4.69) is 5.16 Å². The second-order valence-corrected chi connectivity index (χ2v) is 4.91. The van der Waals surface area contributed by atoms with Crippen molar-refractivity contribution in [2.24, 2.45) is 0 Å².